The van der Waals surface area contributed by atoms with Gasteiger partial charge in [0.2, 0.25) is 0 Å². The Labute approximate surface area is 99.9 Å². The van der Waals surface area contributed by atoms with Crippen molar-refractivity contribution in [3.8, 4) is 11.4 Å². The number of hydrogen-bond acceptors (Lipinski definition) is 3. The fraction of sp³-hybridized carbons (Fsp3) is 0.100. The minimum Gasteiger partial charge on any atom is -0.476 e. The van der Waals surface area contributed by atoms with E-state index in [0.717, 1.165) is 5.56 Å². The number of aromatic nitrogens is 3. The van der Waals surface area contributed by atoms with Gasteiger partial charge in [-0.2, -0.15) is 0 Å². The van der Waals surface area contributed by atoms with Gasteiger partial charge in [-0.3, -0.25) is 4.98 Å². The Balaban J connectivity index is 2.60. The Kier molecular flexibility index (Phi) is 2.74. The highest BCUT2D eigenvalue weighted by atomic mass is 79.9. The molecule has 0 aromatic carbocycles. The number of nitrogens with zero attached hydrogens (tertiary/aromatic N) is 3. The van der Waals surface area contributed by atoms with Crippen LogP contribution in [-0.4, -0.2) is 25.6 Å². The molecule has 0 bridgehead atoms. The molecule has 2 heterocycles. The molecule has 0 amide bonds. The second-order valence-electron chi connectivity index (χ2n) is 3.17. The Hall–Kier alpha value is -1.69. The summed E-state index contributed by atoms with van der Waals surface area (Å²) in [5.74, 6) is -0.463. The Morgan fingerprint density at radius 1 is 1.44 bits per heavy atom. The molecule has 0 atom stereocenters. The van der Waals surface area contributed by atoms with Gasteiger partial charge in [0, 0.05) is 25.0 Å². The van der Waals surface area contributed by atoms with Crippen LogP contribution < -0.4 is 0 Å². The van der Waals surface area contributed by atoms with Gasteiger partial charge in [-0.05, 0) is 28.1 Å². The summed E-state index contributed by atoms with van der Waals surface area (Å²) in [5, 5.41) is 8.93. The third-order valence-corrected chi connectivity index (χ3v) is 3.07. The first kappa shape index (κ1) is 10.8. The van der Waals surface area contributed by atoms with Crippen molar-refractivity contribution in [2.24, 2.45) is 7.05 Å². The molecule has 2 rings (SSSR count). The lowest BCUT2D eigenvalue weighted by atomic mass is 10.2. The number of rotatable bonds is 2. The van der Waals surface area contributed by atoms with Crippen molar-refractivity contribution in [3.63, 3.8) is 0 Å². The van der Waals surface area contributed by atoms with E-state index in [4.69, 9.17) is 5.11 Å². The average Bonchev–Trinajstić information content (AvgIpc) is 2.58. The summed E-state index contributed by atoms with van der Waals surface area (Å²) in [6.45, 7) is 0. The minimum absolute atomic E-state index is 0.00862. The molecule has 82 valence electrons. The highest BCUT2D eigenvalue weighted by Gasteiger charge is 2.18. The lowest BCUT2D eigenvalue weighted by Crippen LogP contribution is -1.97. The third kappa shape index (κ3) is 1.71. The molecule has 0 aliphatic heterocycles. The van der Waals surface area contributed by atoms with Gasteiger partial charge in [0.25, 0.3) is 0 Å². The molecule has 0 aliphatic carbocycles. The van der Waals surface area contributed by atoms with Crippen LogP contribution in [-0.2, 0) is 7.05 Å². The number of carboxylic acids is 1. The zero-order chi connectivity index (χ0) is 11.7. The summed E-state index contributed by atoms with van der Waals surface area (Å²) in [4.78, 5) is 18.9. The SMILES string of the molecule is Cn1c(-c2ccncc2)nc(C(=O)O)c1Br. The van der Waals surface area contributed by atoms with Gasteiger partial charge < -0.3 is 9.67 Å². The van der Waals surface area contributed by atoms with Crippen LogP contribution in [0.4, 0.5) is 0 Å². The first-order valence-corrected chi connectivity index (χ1v) is 5.26. The van der Waals surface area contributed by atoms with Gasteiger partial charge in [-0.15, -0.1) is 0 Å². The molecule has 16 heavy (non-hydrogen) atoms. The smallest absolute Gasteiger partial charge is 0.357 e. The average molecular weight is 282 g/mol. The van der Waals surface area contributed by atoms with E-state index in [1.807, 2.05) is 0 Å². The number of aromatic carboxylic acids is 1. The Morgan fingerprint density at radius 2 is 2.06 bits per heavy atom. The molecule has 5 nitrogen and oxygen atoms in total. The predicted molar refractivity (Wildman–Crippen MR) is 61.1 cm³/mol. The maximum atomic E-state index is 10.9. The second kappa shape index (κ2) is 4.05. The van der Waals surface area contributed by atoms with E-state index in [9.17, 15) is 4.79 Å². The van der Waals surface area contributed by atoms with E-state index in [-0.39, 0.29) is 5.69 Å². The molecule has 2 aromatic heterocycles. The second-order valence-corrected chi connectivity index (χ2v) is 3.93. The largest absolute Gasteiger partial charge is 0.476 e. The minimum atomic E-state index is -1.05. The maximum Gasteiger partial charge on any atom is 0.357 e. The van der Waals surface area contributed by atoms with E-state index in [2.05, 4.69) is 25.9 Å². The van der Waals surface area contributed by atoms with Crippen LogP contribution in [0, 0.1) is 0 Å². The highest BCUT2D eigenvalue weighted by molar-refractivity contribution is 9.10. The zero-order valence-electron chi connectivity index (χ0n) is 8.38. The fourth-order valence-electron chi connectivity index (χ4n) is 1.37. The first-order chi connectivity index (χ1) is 7.61. The molecule has 0 aliphatic rings. The molecule has 0 unspecified atom stereocenters. The number of carboxylic acid groups (broad SMARTS) is 1. The molecule has 1 N–H and O–H groups in total. The number of hydrogen-bond donors (Lipinski definition) is 1. The topological polar surface area (TPSA) is 68.0 Å². The number of carbonyl (C=O) groups is 1. The van der Waals surface area contributed by atoms with Gasteiger partial charge in [-0.25, -0.2) is 9.78 Å². The standard InChI is InChI=1S/C10H8BrN3O2/c1-14-8(11)7(10(15)16)13-9(14)6-2-4-12-5-3-6/h2-5H,1H3,(H,15,16). The van der Waals surface area contributed by atoms with Crippen molar-refractivity contribution in [2.45, 2.75) is 0 Å². The lowest BCUT2D eigenvalue weighted by Gasteiger charge is -2.00. The van der Waals surface area contributed by atoms with Crippen molar-refractivity contribution in [3.05, 3.63) is 34.8 Å². The maximum absolute atomic E-state index is 10.9. The van der Waals surface area contributed by atoms with E-state index >= 15 is 0 Å². The van der Waals surface area contributed by atoms with Crippen molar-refractivity contribution < 1.29 is 9.90 Å². The molecule has 0 spiro atoms. The van der Waals surface area contributed by atoms with Gasteiger partial charge >= 0.3 is 5.97 Å². The monoisotopic (exact) mass is 281 g/mol. The number of imidazole rings is 1. The Morgan fingerprint density at radius 3 is 2.56 bits per heavy atom. The lowest BCUT2D eigenvalue weighted by molar-refractivity contribution is 0.0690. The van der Waals surface area contributed by atoms with Crippen LogP contribution in [0.5, 0.6) is 0 Å². The fourth-order valence-corrected chi connectivity index (χ4v) is 1.80. The van der Waals surface area contributed by atoms with Crippen LogP contribution in [0.1, 0.15) is 10.5 Å². The van der Waals surface area contributed by atoms with E-state index in [0.29, 0.717) is 10.4 Å². The zero-order valence-corrected chi connectivity index (χ0v) is 9.97. The van der Waals surface area contributed by atoms with Crippen LogP contribution in [0.25, 0.3) is 11.4 Å². The summed E-state index contributed by atoms with van der Waals surface area (Å²) in [5.41, 5.74) is 0.833. The van der Waals surface area contributed by atoms with Crippen LogP contribution in [0.2, 0.25) is 0 Å². The summed E-state index contributed by atoms with van der Waals surface area (Å²) in [6.07, 6.45) is 3.27. The van der Waals surface area contributed by atoms with Gasteiger partial charge in [0.15, 0.2) is 5.69 Å². The Bertz CT molecular complexity index is 536. The summed E-state index contributed by atoms with van der Waals surface area (Å²) < 4.78 is 2.13. The van der Waals surface area contributed by atoms with E-state index < -0.39 is 5.97 Å². The normalized spacial score (nSPS) is 10.4. The van der Waals surface area contributed by atoms with Gasteiger partial charge in [0.1, 0.15) is 10.4 Å². The predicted octanol–water partition coefficient (Wildman–Crippen LogP) is 1.94. The molecule has 0 radical (unpaired) electrons. The highest BCUT2D eigenvalue weighted by Crippen LogP contribution is 2.24. The molecule has 6 heteroatoms. The first-order valence-electron chi connectivity index (χ1n) is 4.47. The molecule has 0 saturated heterocycles. The molecule has 0 fully saturated rings. The molecule has 2 aromatic rings. The van der Waals surface area contributed by atoms with Crippen LogP contribution in [0.15, 0.2) is 29.1 Å². The van der Waals surface area contributed by atoms with Crippen molar-refractivity contribution in [2.75, 3.05) is 0 Å². The van der Waals surface area contributed by atoms with Crippen LogP contribution >= 0.6 is 15.9 Å². The molecular weight excluding hydrogens is 274 g/mol. The van der Waals surface area contributed by atoms with E-state index in [1.165, 1.54) is 0 Å². The van der Waals surface area contributed by atoms with Crippen LogP contribution in [0.3, 0.4) is 0 Å². The van der Waals surface area contributed by atoms with Gasteiger partial charge in [-0.1, -0.05) is 0 Å². The third-order valence-electron chi connectivity index (χ3n) is 2.17. The summed E-state index contributed by atoms with van der Waals surface area (Å²) in [7, 11) is 1.75. The van der Waals surface area contributed by atoms with Crippen molar-refractivity contribution in [1.82, 2.24) is 14.5 Å². The molecule has 0 saturated carbocycles. The quantitative estimate of drug-likeness (QED) is 0.914. The van der Waals surface area contributed by atoms with Gasteiger partial charge in [0.05, 0.1) is 0 Å². The van der Waals surface area contributed by atoms with E-state index in [1.54, 1.807) is 36.1 Å². The summed E-state index contributed by atoms with van der Waals surface area (Å²) in [6, 6.07) is 3.56. The number of pyridine rings is 1. The number of halogens is 1. The molecular formula is C10H8BrN3O2. The van der Waals surface area contributed by atoms with Crippen molar-refractivity contribution in [1.29, 1.82) is 0 Å². The summed E-state index contributed by atoms with van der Waals surface area (Å²) >= 11 is 3.20. The van der Waals surface area contributed by atoms with Crippen molar-refractivity contribution >= 4 is 21.9 Å².